The van der Waals surface area contributed by atoms with Crippen molar-refractivity contribution in [3.05, 3.63) is 137 Å². The highest BCUT2D eigenvalue weighted by Crippen LogP contribution is 2.34. The second-order valence-electron chi connectivity index (χ2n) is 11.2. The van der Waals surface area contributed by atoms with Crippen molar-refractivity contribution in [2.24, 2.45) is 5.92 Å². The van der Waals surface area contributed by atoms with Gasteiger partial charge in [0, 0.05) is 37.8 Å². The van der Waals surface area contributed by atoms with Crippen LogP contribution in [0.15, 0.2) is 109 Å². The average molecular weight is 544 g/mol. The van der Waals surface area contributed by atoms with Gasteiger partial charge in [-0.25, -0.2) is 4.98 Å². The van der Waals surface area contributed by atoms with Crippen molar-refractivity contribution < 1.29 is 9.53 Å². The lowest BCUT2D eigenvalue weighted by Crippen LogP contribution is -2.39. The quantitative estimate of drug-likeness (QED) is 0.197. The highest BCUT2D eigenvalue weighted by Gasteiger charge is 2.28. The topological polar surface area (TPSA) is 46.8 Å². The number of imidazole rings is 1. The van der Waals surface area contributed by atoms with Crippen LogP contribution in [0.1, 0.15) is 53.1 Å². The number of carbonyl (C=O) groups is 1. The molecule has 5 aromatic rings. The third kappa shape index (κ3) is 6.19. The number of rotatable bonds is 9. The minimum atomic E-state index is -0.106. The van der Waals surface area contributed by atoms with Crippen molar-refractivity contribution in [2.75, 3.05) is 13.1 Å². The van der Waals surface area contributed by atoms with Crippen molar-refractivity contribution in [3.63, 3.8) is 0 Å². The van der Waals surface area contributed by atoms with Gasteiger partial charge in [-0.15, -0.1) is 0 Å². The number of ether oxygens (including phenoxy) is 1. The SMILES string of the molecule is Cc1ccccc1C(CC(=O)N1CCC(Cc2ccccc2)CC1)c1cnc2c(OCc3ccccc3)cccn12. The fourth-order valence-corrected chi connectivity index (χ4v) is 6.10. The first-order valence-corrected chi connectivity index (χ1v) is 14.7. The molecule has 3 aromatic carbocycles. The molecule has 1 unspecified atom stereocenters. The number of hydrogen-bond donors (Lipinski definition) is 0. The van der Waals surface area contributed by atoms with E-state index in [1.165, 1.54) is 11.1 Å². The van der Waals surface area contributed by atoms with E-state index in [-0.39, 0.29) is 11.8 Å². The summed E-state index contributed by atoms with van der Waals surface area (Å²) in [5.74, 6) is 1.47. The number of hydrogen-bond acceptors (Lipinski definition) is 3. The van der Waals surface area contributed by atoms with E-state index in [2.05, 4.69) is 83.0 Å². The zero-order valence-corrected chi connectivity index (χ0v) is 23.7. The number of piperidine rings is 1. The maximum absolute atomic E-state index is 13.8. The first kappa shape index (κ1) is 26.8. The van der Waals surface area contributed by atoms with Gasteiger partial charge in [-0.3, -0.25) is 4.79 Å². The molecule has 0 radical (unpaired) electrons. The Labute approximate surface area is 242 Å². The lowest BCUT2D eigenvalue weighted by atomic mass is 9.87. The summed E-state index contributed by atoms with van der Waals surface area (Å²) < 4.78 is 8.29. The van der Waals surface area contributed by atoms with Crippen LogP contribution in [-0.4, -0.2) is 33.3 Å². The van der Waals surface area contributed by atoms with Gasteiger partial charge < -0.3 is 14.0 Å². The van der Waals surface area contributed by atoms with Gasteiger partial charge in [-0.05, 0) is 66.5 Å². The van der Waals surface area contributed by atoms with E-state index in [1.807, 2.05) is 42.7 Å². The van der Waals surface area contributed by atoms with E-state index in [4.69, 9.17) is 9.72 Å². The average Bonchev–Trinajstić information content (AvgIpc) is 3.45. The highest BCUT2D eigenvalue weighted by molar-refractivity contribution is 5.78. The molecular formula is C36H37N3O2. The van der Waals surface area contributed by atoms with Crippen LogP contribution in [0.4, 0.5) is 0 Å². The smallest absolute Gasteiger partial charge is 0.223 e. The van der Waals surface area contributed by atoms with Crippen molar-refractivity contribution in [1.29, 1.82) is 0 Å². The Morgan fingerprint density at radius 3 is 2.29 bits per heavy atom. The molecule has 0 bridgehead atoms. The zero-order valence-electron chi connectivity index (χ0n) is 23.7. The normalized spacial score (nSPS) is 14.7. The summed E-state index contributed by atoms with van der Waals surface area (Å²) in [6, 6.07) is 33.2. The van der Waals surface area contributed by atoms with Gasteiger partial charge in [0.2, 0.25) is 5.91 Å². The number of nitrogens with zero attached hydrogens (tertiary/aromatic N) is 3. The Bertz CT molecular complexity index is 1590. The van der Waals surface area contributed by atoms with Gasteiger partial charge in [0.1, 0.15) is 6.61 Å². The molecule has 1 amide bonds. The number of fused-ring (bicyclic) bond motifs is 1. The molecule has 0 N–H and O–H groups in total. The minimum Gasteiger partial charge on any atom is -0.485 e. The van der Waals surface area contributed by atoms with E-state index in [1.54, 1.807) is 0 Å². The molecule has 1 atom stereocenters. The Morgan fingerprint density at radius 1 is 0.878 bits per heavy atom. The fourth-order valence-electron chi connectivity index (χ4n) is 6.10. The van der Waals surface area contributed by atoms with E-state index in [9.17, 15) is 4.79 Å². The minimum absolute atomic E-state index is 0.106. The third-order valence-electron chi connectivity index (χ3n) is 8.40. The summed E-state index contributed by atoms with van der Waals surface area (Å²) in [7, 11) is 0. The first-order chi connectivity index (χ1) is 20.2. The van der Waals surface area contributed by atoms with Crippen LogP contribution in [0.25, 0.3) is 5.65 Å². The molecule has 1 saturated heterocycles. The second-order valence-corrected chi connectivity index (χ2v) is 11.2. The third-order valence-corrected chi connectivity index (χ3v) is 8.40. The van der Waals surface area contributed by atoms with E-state index in [0.717, 1.165) is 60.6 Å². The number of likely N-dealkylation sites (tertiary alicyclic amines) is 1. The molecule has 1 fully saturated rings. The maximum Gasteiger partial charge on any atom is 0.223 e. The number of pyridine rings is 1. The summed E-state index contributed by atoms with van der Waals surface area (Å²) in [6.45, 7) is 4.24. The van der Waals surface area contributed by atoms with Gasteiger partial charge in [0.05, 0.1) is 5.69 Å². The molecule has 1 aliphatic rings. The van der Waals surface area contributed by atoms with Gasteiger partial charge in [0.15, 0.2) is 11.4 Å². The summed E-state index contributed by atoms with van der Waals surface area (Å²) >= 11 is 0. The van der Waals surface area contributed by atoms with Crippen molar-refractivity contribution >= 4 is 11.6 Å². The Kier molecular flexibility index (Phi) is 8.13. The number of benzene rings is 3. The monoisotopic (exact) mass is 543 g/mol. The highest BCUT2D eigenvalue weighted by atomic mass is 16.5. The molecule has 5 nitrogen and oxygen atoms in total. The maximum atomic E-state index is 13.8. The number of aryl methyl sites for hydroxylation is 1. The van der Waals surface area contributed by atoms with Gasteiger partial charge in [0.25, 0.3) is 0 Å². The predicted molar refractivity (Wildman–Crippen MR) is 163 cm³/mol. The van der Waals surface area contributed by atoms with Gasteiger partial charge in [-0.1, -0.05) is 84.9 Å². The molecule has 3 heterocycles. The molecule has 208 valence electrons. The molecule has 2 aromatic heterocycles. The zero-order chi connectivity index (χ0) is 28.0. The van der Waals surface area contributed by atoms with Crippen LogP contribution >= 0.6 is 0 Å². The standard InChI is InChI=1S/C36H37N3O2/c1-27-11-8-9-16-31(27)32(24-35(40)38-21-18-29(19-22-38)23-28-12-4-2-5-13-28)33-25-37-36-34(17-10-20-39(33)36)41-26-30-14-6-3-7-15-30/h2-17,20,25,29,32H,18-19,21-24,26H2,1H3. The number of aromatic nitrogens is 2. The van der Waals surface area contributed by atoms with E-state index in [0.29, 0.717) is 18.9 Å². The van der Waals surface area contributed by atoms with Crippen LogP contribution < -0.4 is 4.74 Å². The predicted octanol–water partition coefficient (Wildman–Crippen LogP) is 7.23. The fraction of sp³-hybridized carbons (Fsp3) is 0.278. The largest absolute Gasteiger partial charge is 0.485 e. The first-order valence-electron chi connectivity index (χ1n) is 14.7. The van der Waals surface area contributed by atoms with Crippen LogP contribution in [0.2, 0.25) is 0 Å². The molecule has 5 heteroatoms. The van der Waals surface area contributed by atoms with Crippen molar-refractivity contribution in [2.45, 2.75) is 45.1 Å². The summed E-state index contributed by atoms with van der Waals surface area (Å²) in [5.41, 5.74) is 6.61. The molecule has 0 spiro atoms. The number of amides is 1. The second kappa shape index (κ2) is 12.4. The number of carbonyl (C=O) groups excluding carboxylic acids is 1. The van der Waals surface area contributed by atoms with Crippen molar-refractivity contribution in [1.82, 2.24) is 14.3 Å². The Balaban J connectivity index is 1.21. The van der Waals surface area contributed by atoms with Crippen LogP contribution in [0.3, 0.4) is 0 Å². The molecular weight excluding hydrogens is 506 g/mol. The molecule has 0 aliphatic carbocycles. The molecule has 6 rings (SSSR count). The van der Waals surface area contributed by atoms with Crippen LogP contribution in [0, 0.1) is 12.8 Å². The van der Waals surface area contributed by atoms with Crippen LogP contribution in [-0.2, 0) is 17.8 Å². The summed E-state index contributed by atoms with van der Waals surface area (Å²) in [6.07, 6.45) is 7.54. The van der Waals surface area contributed by atoms with Gasteiger partial charge >= 0.3 is 0 Å². The molecule has 41 heavy (non-hydrogen) atoms. The lowest BCUT2D eigenvalue weighted by molar-refractivity contribution is -0.132. The van der Waals surface area contributed by atoms with E-state index < -0.39 is 0 Å². The summed E-state index contributed by atoms with van der Waals surface area (Å²) in [4.78, 5) is 20.7. The van der Waals surface area contributed by atoms with Gasteiger partial charge in [-0.2, -0.15) is 0 Å². The van der Waals surface area contributed by atoms with Crippen LogP contribution in [0.5, 0.6) is 5.75 Å². The van der Waals surface area contributed by atoms with Crippen molar-refractivity contribution in [3.8, 4) is 5.75 Å². The molecule has 0 saturated carbocycles. The van der Waals surface area contributed by atoms with E-state index >= 15 is 0 Å². The lowest BCUT2D eigenvalue weighted by Gasteiger charge is -2.33. The Hall–Kier alpha value is -4.38. The molecule has 1 aliphatic heterocycles. The summed E-state index contributed by atoms with van der Waals surface area (Å²) in [5, 5.41) is 0. The Morgan fingerprint density at radius 2 is 1.56 bits per heavy atom.